The molecule has 0 saturated heterocycles. The van der Waals surface area contributed by atoms with E-state index in [-0.39, 0.29) is 0 Å². The molecule has 1 unspecified atom stereocenters. The van der Waals surface area contributed by atoms with Crippen LogP contribution in [0.1, 0.15) is 39.7 Å². The lowest BCUT2D eigenvalue weighted by atomic mass is 10.0. The number of anilines is 1. The number of rotatable bonds is 4. The molecule has 0 bridgehead atoms. The Hall–Kier alpha value is -0.780. The van der Waals surface area contributed by atoms with E-state index in [4.69, 9.17) is 5.73 Å². The highest BCUT2D eigenvalue weighted by Crippen LogP contribution is 2.27. The molecule has 2 rings (SSSR count). The molecule has 1 aromatic heterocycles. The first kappa shape index (κ1) is 13.6. The van der Waals surface area contributed by atoms with E-state index in [1.807, 2.05) is 0 Å². The van der Waals surface area contributed by atoms with Crippen LogP contribution in [0.15, 0.2) is 18.2 Å². The zero-order valence-electron chi connectivity index (χ0n) is 11.2. The minimum atomic E-state index is 0.400. The highest BCUT2D eigenvalue weighted by atomic mass is 127. The number of aromatic nitrogens is 2. The maximum atomic E-state index is 6.06. The highest BCUT2D eigenvalue weighted by Gasteiger charge is 2.14. The Bertz CT molecular complexity index is 545. The van der Waals surface area contributed by atoms with Gasteiger partial charge >= 0.3 is 0 Å². The average molecular weight is 357 g/mol. The Morgan fingerprint density at radius 2 is 2.00 bits per heavy atom. The third-order valence-electron chi connectivity index (χ3n) is 3.28. The largest absolute Gasteiger partial charge is 0.369 e. The van der Waals surface area contributed by atoms with Crippen molar-refractivity contribution in [1.82, 2.24) is 9.55 Å². The molecule has 0 saturated carbocycles. The second-order valence-corrected chi connectivity index (χ2v) is 6.54. The summed E-state index contributed by atoms with van der Waals surface area (Å²) in [5.41, 5.74) is 8.20. The third kappa shape index (κ3) is 2.79. The monoisotopic (exact) mass is 357 g/mol. The summed E-state index contributed by atoms with van der Waals surface area (Å²) in [6, 6.07) is 6.71. The molecule has 2 N–H and O–H groups in total. The fraction of sp³-hybridized carbons (Fsp3) is 0.500. The van der Waals surface area contributed by atoms with Crippen molar-refractivity contribution in [2.45, 2.75) is 39.7 Å². The summed E-state index contributed by atoms with van der Waals surface area (Å²) in [6.45, 7) is 6.73. The number of hydrogen-bond acceptors (Lipinski definition) is 2. The van der Waals surface area contributed by atoms with Crippen molar-refractivity contribution in [2.75, 3.05) is 5.73 Å². The Balaban J connectivity index is 2.34. The quantitative estimate of drug-likeness (QED) is 0.833. The lowest BCUT2D eigenvalue weighted by Crippen LogP contribution is -2.09. The smallest absolute Gasteiger partial charge is 0.201 e. The molecule has 2 aromatic rings. The molecular weight excluding hydrogens is 337 g/mol. The summed E-state index contributed by atoms with van der Waals surface area (Å²) in [5, 5.41) is 0. The molecule has 3 nitrogen and oxygen atoms in total. The van der Waals surface area contributed by atoms with Crippen LogP contribution in [-0.2, 0) is 0 Å². The second kappa shape index (κ2) is 5.47. The number of nitrogen functional groups attached to an aromatic ring is 1. The molecule has 98 valence electrons. The van der Waals surface area contributed by atoms with E-state index in [1.54, 1.807) is 0 Å². The van der Waals surface area contributed by atoms with Crippen molar-refractivity contribution in [3.05, 3.63) is 21.8 Å². The first-order valence-corrected chi connectivity index (χ1v) is 7.50. The van der Waals surface area contributed by atoms with Gasteiger partial charge in [-0.2, -0.15) is 0 Å². The summed E-state index contributed by atoms with van der Waals surface area (Å²) in [5.74, 6) is 1.35. The molecule has 0 aliphatic carbocycles. The normalized spacial score (nSPS) is 13.4. The molecule has 0 spiro atoms. The molecule has 0 aliphatic rings. The summed E-state index contributed by atoms with van der Waals surface area (Å²) in [4.78, 5) is 4.46. The maximum Gasteiger partial charge on any atom is 0.201 e. The summed E-state index contributed by atoms with van der Waals surface area (Å²) >= 11 is 2.30. The van der Waals surface area contributed by atoms with Crippen molar-refractivity contribution >= 4 is 39.6 Å². The van der Waals surface area contributed by atoms with Gasteiger partial charge in [0.2, 0.25) is 5.95 Å². The minimum Gasteiger partial charge on any atom is -0.369 e. The molecule has 1 atom stereocenters. The van der Waals surface area contributed by atoms with Crippen molar-refractivity contribution in [3.8, 4) is 0 Å². The first-order valence-electron chi connectivity index (χ1n) is 6.42. The standard InChI is InChI=1S/C14H20IN3/c1-9(2)4-5-10(3)18-13-7-6-11(15)8-12(13)17-14(18)16/h6-10H,4-5H2,1-3H3,(H2,16,17). The number of imidazole rings is 1. The van der Waals surface area contributed by atoms with E-state index in [2.05, 4.69) is 71.1 Å². The van der Waals surface area contributed by atoms with Gasteiger partial charge in [0.1, 0.15) is 0 Å². The lowest BCUT2D eigenvalue weighted by molar-refractivity contribution is 0.450. The Morgan fingerprint density at radius 1 is 1.28 bits per heavy atom. The van der Waals surface area contributed by atoms with E-state index in [1.165, 1.54) is 9.99 Å². The van der Waals surface area contributed by atoms with Crippen LogP contribution in [0.5, 0.6) is 0 Å². The number of fused-ring (bicyclic) bond motifs is 1. The molecule has 1 aromatic carbocycles. The molecule has 0 fully saturated rings. The van der Waals surface area contributed by atoms with E-state index in [9.17, 15) is 0 Å². The van der Waals surface area contributed by atoms with Gasteiger partial charge in [0.05, 0.1) is 11.0 Å². The second-order valence-electron chi connectivity index (χ2n) is 5.29. The van der Waals surface area contributed by atoms with Crippen LogP contribution >= 0.6 is 22.6 Å². The fourth-order valence-corrected chi connectivity index (χ4v) is 2.73. The van der Waals surface area contributed by atoms with Crippen molar-refractivity contribution in [2.24, 2.45) is 5.92 Å². The zero-order valence-corrected chi connectivity index (χ0v) is 13.3. The summed E-state index contributed by atoms with van der Waals surface area (Å²) < 4.78 is 3.35. The Labute approximate surface area is 122 Å². The molecule has 4 heteroatoms. The van der Waals surface area contributed by atoms with Gasteiger partial charge in [0.15, 0.2) is 0 Å². The molecular formula is C14H20IN3. The maximum absolute atomic E-state index is 6.06. The molecule has 0 radical (unpaired) electrons. The van der Waals surface area contributed by atoms with Crippen molar-refractivity contribution < 1.29 is 0 Å². The topological polar surface area (TPSA) is 43.8 Å². The van der Waals surface area contributed by atoms with Gasteiger partial charge in [-0.1, -0.05) is 13.8 Å². The fourth-order valence-electron chi connectivity index (χ4n) is 2.26. The molecule has 0 amide bonds. The van der Waals surface area contributed by atoms with E-state index < -0.39 is 0 Å². The SMILES string of the molecule is CC(C)CCC(C)n1c(N)nc2cc(I)ccc21. The van der Waals surface area contributed by atoms with Crippen LogP contribution < -0.4 is 5.73 Å². The number of hydrogen-bond donors (Lipinski definition) is 1. The molecule has 0 aliphatic heterocycles. The van der Waals surface area contributed by atoms with Crippen molar-refractivity contribution in [1.29, 1.82) is 0 Å². The number of halogens is 1. The summed E-state index contributed by atoms with van der Waals surface area (Å²) in [6.07, 6.45) is 2.35. The van der Waals surface area contributed by atoms with Crippen LogP contribution in [0.2, 0.25) is 0 Å². The Morgan fingerprint density at radius 3 is 2.67 bits per heavy atom. The van der Waals surface area contributed by atoms with E-state index in [0.717, 1.165) is 23.4 Å². The molecule has 18 heavy (non-hydrogen) atoms. The van der Waals surface area contributed by atoms with Gasteiger partial charge in [-0.25, -0.2) is 4.98 Å². The Kier molecular flexibility index (Phi) is 4.14. The molecule has 1 heterocycles. The van der Waals surface area contributed by atoms with Gasteiger partial charge in [0, 0.05) is 9.61 Å². The first-order chi connectivity index (χ1) is 8.49. The lowest BCUT2D eigenvalue weighted by Gasteiger charge is -2.17. The predicted molar refractivity (Wildman–Crippen MR) is 85.6 cm³/mol. The average Bonchev–Trinajstić information content (AvgIpc) is 2.61. The third-order valence-corrected chi connectivity index (χ3v) is 3.95. The minimum absolute atomic E-state index is 0.400. The van der Waals surface area contributed by atoms with Gasteiger partial charge in [-0.05, 0) is 66.5 Å². The number of nitrogens with zero attached hydrogens (tertiary/aromatic N) is 2. The number of benzene rings is 1. The van der Waals surface area contributed by atoms with Crippen LogP contribution in [0, 0.1) is 9.49 Å². The summed E-state index contributed by atoms with van der Waals surface area (Å²) in [7, 11) is 0. The van der Waals surface area contributed by atoms with Gasteiger partial charge < -0.3 is 10.3 Å². The van der Waals surface area contributed by atoms with Crippen molar-refractivity contribution in [3.63, 3.8) is 0 Å². The zero-order chi connectivity index (χ0) is 13.3. The number of nitrogens with two attached hydrogens (primary N) is 1. The highest BCUT2D eigenvalue weighted by molar-refractivity contribution is 14.1. The van der Waals surface area contributed by atoms with Crippen LogP contribution in [0.4, 0.5) is 5.95 Å². The van der Waals surface area contributed by atoms with Gasteiger partial charge in [-0.15, -0.1) is 0 Å². The van der Waals surface area contributed by atoms with Crippen LogP contribution in [0.3, 0.4) is 0 Å². The van der Waals surface area contributed by atoms with E-state index >= 15 is 0 Å². The van der Waals surface area contributed by atoms with Crippen LogP contribution in [0.25, 0.3) is 11.0 Å². The van der Waals surface area contributed by atoms with Gasteiger partial charge in [-0.3, -0.25) is 0 Å². The predicted octanol–water partition coefficient (Wildman–Crippen LogP) is 4.22. The van der Waals surface area contributed by atoms with Gasteiger partial charge in [0.25, 0.3) is 0 Å². The van der Waals surface area contributed by atoms with Crippen LogP contribution in [-0.4, -0.2) is 9.55 Å². The van der Waals surface area contributed by atoms with E-state index in [0.29, 0.717) is 12.0 Å².